The van der Waals surface area contributed by atoms with E-state index in [9.17, 15) is 4.79 Å². The minimum atomic E-state index is 0.0517. The Morgan fingerprint density at radius 2 is 1.62 bits per heavy atom. The van der Waals surface area contributed by atoms with Crippen LogP contribution in [0.5, 0.6) is 0 Å². The number of ketones is 1. The number of rotatable bonds is 6. The first-order chi connectivity index (χ1) is 14.2. The van der Waals surface area contributed by atoms with E-state index in [1.807, 2.05) is 12.1 Å². The molecule has 3 nitrogen and oxygen atoms in total. The smallest absolute Gasteiger partial charge is 0.173 e. The highest BCUT2D eigenvalue weighted by atomic mass is 35.5. The fraction of sp³-hybridized carbons (Fsp3) is 0.292. The molecule has 29 heavy (non-hydrogen) atoms. The van der Waals surface area contributed by atoms with Gasteiger partial charge in [-0.3, -0.25) is 4.79 Å². The van der Waals surface area contributed by atoms with Crippen molar-refractivity contribution in [3.8, 4) is 11.3 Å². The first-order valence-electron chi connectivity index (χ1n) is 10.0. The molecule has 0 saturated heterocycles. The molecule has 0 atom stereocenters. The Balaban J connectivity index is 1.36. The van der Waals surface area contributed by atoms with Gasteiger partial charge >= 0.3 is 0 Å². The van der Waals surface area contributed by atoms with Crippen LogP contribution in [0, 0.1) is 0 Å². The van der Waals surface area contributed by atoms with Crippen LogP contribution >= 0.6 is 23.4 Å². The van der Waals surface area contributed by atoms with E-state index in [0.717, 1.165) is 16.3 Å². The maximum Gasteiger partial charge on any atom is 0.173 e. The lowest BCUT2D eigenvalue weighted by molar-refractivity contribution is 0.102. The Morgan fingerprint density at radius 3 is 2.28 bits per heavy atom. The number of hydrogen-bond donors (Lipinski definition) is 0. The molecular weight excluding hydrogens is 400 g/mol. The van der Waals surface area contributed by atoms with Gasteiger partial charge in [0.05, 0.1) is 11.4 Å². The van der Waals surface area contributed by atoms with E-state index in [-0.39, 0.29) is 5.78 Å². The highest BCUT2D eigenvalue weighted by Crippen LogP contribution is 2.33. The summed E-state index contributed by atoms with van der Waals surface area (Å²) in [6.45, 7) is 0. The second kappa shape index (κ2) is 9.55. The van der Waals surface area contributed by atoms with Crippen LogP contribution in [0.25, 0.3) is 11.3 Å². The van der Waals surface area contributed by atoms with Crippen LogP contribution in [0.4, 0.5) is 0 Å². The molecule has 0 N–H and O–H groups in total. The number of carbonyl (C=O) groups is 1. The molecule has 1 fully saturated rings. The maximum absolute atomic E-state index is 12.3. The van der Waals surface area contributed by atoms with Crippen molar-refractivity contribution in [3.05, 3.63) is 76.8 Å². The maximum atomic E-state index is 12.3. The van der Waals surface area contributed by atoms with Crippen LogP contribution in [0.2, 0.25) is 5.02 Å². The first-order valence-corrected chi connectivity index (χ1v) is 11.4. The molecule has 5 heteroatoms. The number of carbonyl (C=O) groups excluding carboxylic acids is 1. The highest BCUT2D eigenvalue weighted by molar-refractivity contribution is 7.99. The van der Waals surface area contributed by atoms with Crippen molar-refractivity contribution in [2.24, 2.45) is 0 Å². The number of benzene rings is 2. The molecule has 0 bridgehead atoms. The Bertz CT molecular complexity index is 950. The van der Waals surface area contributed by atoms with Crippen LogP contribution in [-0.4, -0.2) is 21.7 Å². The standard InChI is InChI=1S/C24H23ClN2OS/c25-21-12-10-20(11-13-21)23(28)16-29-24-15-14-22(26-27-24)19-8-6-18(7-9-19)17-4-2-1-3-5-17/h6-15,17H,1-5,16H2. The number of aromatic nitrogens is 2. The summed E-state index contributed by atoms with van der Waals surface area (Å²) in [6.07, 6.45) is 6.68. The van der Waals surface area contributed by atoms with Crippen molar-refractivity contribution >= 4 is 29.1 Å². The van der Waals surface area contributed by atoms with Crippen LogP contribution in [0.15, 0.2) is 65.7 Å². The van der Waals surface area contributed by atoms with E-state index in [4.69, 9.17) is 11.6 Å². The van der Waals surface area contributed by atoms with Crippen molar-refractivity contribution < 1.29 is 4.79 Å². The molecule has 0 radical (unpaired) electrons. The molecule has 0 unspecified atom stereocenters. The molecule has 3 aromatic rings. The zero-order valence-electron chi connectivity index (χ0n) is 16.2. The quantitative estimate of drug-likeness (QED) is 0.323. The van der Waals surface area contributed by atoms with E-state index >= 15 is 0 Å². The van der Waals surface area contributed by atoms with Gasteiger partial charge in [0.25, 0.3) is 0 Å². The summed E-state index contributed by atoms with van der Waals surface area (Å²) in [6, 6.07) is 19.6. The van der Waals surface area contributed by atoms with Gasteiger partial charge in [-0.05, 0) is 60.7 Å². The van der Waals surface area contributed by atoms with E-state index in [2.05, 4.69) is 34.5 Å². The summed E-state index contributed by atoms with van der Waals surface area (Å²) in [5, 5.41) is 10.0. The minimum absolute atomic E-state index is 0.0517. The van der Waals surface area contributed by atoms with Gasteiger partial charge in [0.15, 0.2) is 5.78 Å². The average Bonchev–Trinajstić information content (AvgIpc) is 2.79. The summed E-state index contributed by atoms with van der Waals surface area (Å²) in [4.78, 5) is 12.3. The molecule has 1 heterocycles. The van der Waals surface area contributed by atoms with E-state index in [1.54, 1.807) is 24.3 Å². The Kier molecular flexibility index (Phi) is 6.63. The van der Waals surface area contributed by atoms with Crippen molar-refractivity contribution in [1.82, 2.24) is 10.2 Å². The van der Waals surface area contributed by atoms with E-state index < -0.39 is 0 Å². The Labute approximate surface area is 180 Å². The third-order valence-electron chi connectivity index (χ3n) is 5.44. The normalized spacial score (nSPS) is 14.7. The topological polar surface area (TPSA) is 42.9 Å². The van der Waals surface area contributed by atoms with Gasteiger partial charge in [-0.25, -0.2) is 0 Å². The zero-order chi connectivity index (χ0) is 20.1. The predicted molar refractivity (Wildman–Crippen MR) is 120 cm³/mol. The van der Waals surface area contributed by atoms with Gasteiger partial charge < -0.3 is 0 Å². The zero-order valence-corrected chi connectivity index (χ0v) is 17.8. The number of thioether (sulfide) groups is 1. The van der Waals surface area contributed by atoms with Crippen molar-refractivity contribution in [2.45, 2.75) is 43.0 Å². The number of halogens is 1. The molecule has 0 spiro atoms. The molecule has 1 aliphatic carbocycles. The lowest BCUT2D eigenvalue weighted by Gasteiger charge is -2.22. The lowest BCUT2D eigenvalue weighted by atomic mass is 9.84. The largest absolute Gasteiger partial charge is 0.293 e. The van der Waals surface area contributed by atoms with Gasteiger partial charge in [-0.1, -0.05) is 66.9 Å². The molecule has 4 rings (SSSR count). The second-order valence-corrected chi connectivity index (χ2v) is 8.86. The van der Waals surface area contributed by atoms with Gasteiger partial charge in [-0.15, -0.1) is 10.2 Å². The third-order valence-corrected chi connectivity index (χ3v) is 6.61. The summed E-state index contributed by atoms with van der Waals surface area (Å²) in [5.74, 6) is 1.09. The van der Waals surface area contributed by atoms with Crippen LogP contribution < -0.4 is 0 Å². The third kappa shape index (κ3) is 5.26. The van der Waals surface area contributed by atoms with Crippen molar-refractivity contribution in [1.29, 1.82) is 0 Å². The fourth-order valence-electron chi connectivity index (χ4n) is 3.77. The van der Waals surface area contributed by atoms with Crippen molar-refractivity contribution in [2.75, 3.05) is 5.75 Å². The van der Waals surface area contributed by atoms with E-state index in [0.29, 0.717) is 22.3 Å². The molecule has 1 aromatic heterocycles. The van der Waals surface area contributed by atoms with Gasteiger partial charge in [0.2, 0.25) is 0 Å². The highest BCUT2D eigenvalue weighted by Gasteiger charge is 2.15. The summed E-state index contributed by atoms with van der Waals surface area (Å²) in [5.41, 5.74) is 4.03. The summed E-state index contributed by atoms with van der Waals surface area (Å²) in [7, 11) is 0. The summed E-state index contributed by atoms with van der Waals surface area (Å²) < 4.78 is 0. The van der Waals surface area contributed by atoms with E-state index in [1.165, 1.54) is 49.4 Å². The van der Waals surface area contributed by atoms with Crippen molar-refractivity contribution in [3.63, 3.8) is 0 Å². The van der Waals surface area contributed by atoms with Gasteiger partial charge in [0.1, 0.15) is 5.03 Å². The van der Waals surface area contributed by atoms with Crippen LogP contribution in [0.3, 0.4) is 0 Å². The Hall–Kier alpha value is -2.17. The lowest BCUT2D eigenvalue weighted by Crippen LogP contribution is -2.04. The molecule has 1 aliphatic rings. The van der Waals surface area contributed by atoms with Gasteiger partial charge in [0, 0.05) is 16.1 Å². The van der Waals surface area contributed by atoms with Gasteiger partial charge in [-0.2, -0.15) is 0 Å². The number of hydrogen-bond acceptors (Lipinski definition) is 4. The predicted octanol–water partition coefficient (Wildman–Crippen LogP) is 6.82. The number of nitrogens with zero attached hydrogens (tertiary/aromatic N) is 2. The second-order valence-electron chi connectivity index (χ2n) is 7.43. The SMILES string of the molecule is O=C(CSc1ccc(-c2ccc(C3CCCCC3)cc2)nn1)c1ccc(Cl)cc1. The first kappa shape index (κ1) is 20.1. The molecule has 1 saturated carbocycles. The molecular formula is C24H23ClN2OS. The average molecular weight is 423 g/mol. The molecule has 2 aromatic carbocycles. The van der Waals surface area contributed by atoms with Crippen LogP contribution in [-0.2, 0) is 0 Å². The fourth-order valence-corrected chi connectivity index (χ4v) is 4.61. The monoisotopic (exact) mass is 422 g/mol. The Morgan fingerprint density at radius 1 is 0.897 bits per heavy atom. The molecule has 0 amide bonds. The summed E-state index contributed by atoms with van der Waals surface area (Å²) >= 11 is 7.26. The minimum Gasteiger partial charge on any atom is -0.293 e. The number of Topliss-reactive ketones (excluding diaryl/α,β-unsaturated/α-hetero) is 1. The molecule has 148 valence electrons. The molecule has 0 aliphatic heterocycles. The van der Waals surface area contributed by atoms with Crippen LogP contribution in [0.1, 0.15) is 53.9 Å².